The molecular formula is C9H19F2NS. The van der Waals surface area contributed by atoms with Crippen LogP contribution in [0.15, 0.2) is 0 Å². The van der Waals surface area contributed by atoms with Crippen molar-refractivity contribution in [2.24, 2.45) is 0 Å². The summed E-state index contributed by atoms with van der Waals surface area (Å²) in [5.41, 5.74) is 0. The number of likely N-dealkylation sites (tertiary alicyclic amines) is 1. The van der Waals surface area contributed by atoms with E-state index in [-0.39, 0.29) is 6.54 Å². The molecule has 0 radical (unpaired) electrons. The Bertz CT molecular complexity index is 142. The van der Waals surface area contributed by atoms with Crippen LogP contribution >= 0.6 is 12.6 Å². The van der Waals surface area contributed by atoms with Gasteiger partial charge in [-0.15, -0.1) is 0 Å². The first-order valence-corrected chi connectivity index (χ1v) is 5.36. The van der Waals surface area contributed by atoms with Gasteiger partial charge in [0.2, 0.25) is 0 Å². The third-order valence-electron chi connectivity index (χ3n) is 2.09. The van der Waals surface area contributed by atoms with E-state index in [0.29, 0.717) is 13.0 Å². The van der Waals surface area contributed by atoms with Crippen LogP contribution in [0.5, 0.6) is 0 Å². The first kappa shape index (κ1) is 13.2. The molecule has 1 unspecified atom stereocenters. The Hall–Kier alpha value is 0.170. The molecule has 1 aliphatic heterocycles. The standard InChI is InChI=1S/C7H13F2NS.C2H6/c1-2-10-4-3-6(11)7(8,9)5-10;1-2/h6,11H,2-5H2,1H3;1-2H3. The smallest absolute Gasteiger partial charge is 0.271 e. The second-order valence-corrected chi connectivity index (χ2v) is 3.56. The van der Waals surface area contributed by atoms with Crippen molar-refractivity contribution in [3.05, 3.63) is 0 Å². The van der Waals surface area contributed by atoms with E-state index in [4.69, 9.17) is 0 Å². The van der Waals surface area contributed by atoms with Gasteiger partial charge in [-0.1, -0.05) is 20.8 Å². The summed E-state index contributed by atoms with van der Waals surface area (Å²) in [6.07, 6.45) is 0.490. The van der Waals surface area contributed by atoms with Crippen LogP contribution in [-0.2, 0) is 0 Å². The molecule has 1 rings (SSSR count). The molecule has 1 heterocycles. The highest BCUT2D eigenvalue weighted by Gasteiger charge is 2.41. The molecule has 0 aliphatic carbocycles. The highest BCUT2D eigenvalue weighted by atomic mass is 32.1. The maximum absolute atomic E-state index is 12.9. The van der Waals surface area contributed by atoms with Gasteiger partial charge in [0.1, 0.15) is 0 Å². The van der Waals surface area contributed by atoms with Gasteiger partial charge in [0, 0.05) is 0 Å². The van der Waals surface area contributed by atoms with Gasteiger partial charge in [-0.05, 0) is 19.5 Å². The van der Waals surface area contributed by atoms with Gasteiger partial charge < -0.3 is 0 Å². The van der Waals surface area contributed by atoms with Gasteiger partial charge in [0.05, 0.1) is 11.8 Å². The van der Waals surface area contributed by atoms with Crippen molar-refractivity contribution in [1.82, 2.24) is 4.90 Å². The Morgan fingerprint density at radius 3 is 2.38 bits per heavy atom. The lowest BCUT2D eigenvalue weighted by Crippen LogP contribution is -2.49. The molecule has 4 heteroatoms. The molecule has 0 aromatic rings. The monoisotopic (exact) mass is 211 g/mol. The maximum Gasteiger partial charge on any atom is 0.271 e. The molecule has 1 saturated heterocycles. The van der Waals surface area contributed by atoms with E-state index in [1.165, 1.54) is 0 Å². The van der Waals surface area contributed by atoms with Gasteiger partial charge in [-0.2, -0.15) is 12.6 Å². The predicted octanol–water partition coefficient (Wildman–Crippen LogP) is 2.67. The zero-order valence-electron chi connectivity index (χ0n) is 8.56. The number of hydrogen-bond acceptors (Lipinski definition) is 2. The molecule has 1 fully saturated rings. The van der Waals surface area contributed by atoms with Crippen molar-refractivity contribution in [1.29, 1.82) is 0 Å². The molecule has 0 saturated carbocycles. The summed E-state index contributed by atoms with van der Waals surface area (Å²) in [6.45, 7) is 7.23. The average molecular weight is 211 g/mol. The minimum absolute atomic E-state index is 0.127. The molecule has 0 N–H and O–H groups in total. The number of alkyl halides is 2. The lowest BCUT2D eigenvalue weighted by atomic mass is 10.1. The molecule has 1 nitrogen and oxygen atoms in total. The van der Waals surface area contributed by atoms with Crippen LogP contribution in [0.25, 0.3) is 0 Å². The molecule has 0 aromatic heterocycles. The van der Waals surface area contributed by atoms with E-state index >= 15 is 0 Å². The molecule has 0 aromatic carbocycles. The number of piperidine rings is 1. The number of halogens is 2. The molecular weight excluding hydrogens is 192 g/mol. The summed E-state index contributed by atoms with van der Waals surface area (Å²) in [4.78, 5) is 1.76. The van der Waals surface area contributed by atoms with Gasteiger partial charge >= 0.3 is 0 Å². The minimum Gasteiger partial charge on any atom is -0.298 e. The fourth-order valence-electron chi connectivity index (χ4n) is 1.27. The van der Waals surface area contributed by atoms with Gasteiger partial charge in [0.25, 0.3) is 5.92 Å². The molecule has 1 aliphatic rings. The summed E-state index contributed by atoms with van der Waals surface area (Å²) in [7, 11) is 0. The lowest BCUT2D eigenvalue weighted by Gasteiger charge is -2.35. The second kappa shape index (κ2) is 5.81. The van der Waals surface area contributed by atoms with E-state index in [0.717, 1.165) is 6.54 Å². The molecule has 80 valence electrons. The summed E-state index contributed by atoms with van der Waals surface area (Å²) in [6, 6.07) is 0. The Labute approximate surface area is 84.9 Å². The van der Waals surface area contributed by atoms with Gasteiger partial charge in [-0.25, -0.2) is 8.78 Å². The van der Waals surface area contributed by atoms with Crippen LogP contribution in [0, 0.1) is 0 Å². The summed E-state index contributed by atoms with van der Waals surface area (Å²) >= 11 is 3.84. The van der Waals surface area contributed by atoms with Crippen LogP contribution in [0.3, 0.4) is 0 Å². The first-order chi connectivity index (χ1) is 6.06. The SMILES string of the molecule is CC.CCN1CCC(S)C(F)(F)C1. The quantitative estimate of drug-likeness (QED) is 0.653. The Morgan fingerprint density at radius 1 is 1.46 bits per heavy atom. The zero-order chi connectivity index (χ0) is 10.5. The maximum atomic E-state index is 12.9. The van der Waals surface area contributed by atoms with Crippen molar-refractivity contribution in [2.45, 2.75) is 38.4 Å². The fraction of sp³-hybridized carbons (Fsp3) is 1.00. The van der Waals surface area contributed by atoms with Crippen molar-refractivity contribution >= 4 is 12.6 Å². The van der Waals surface area contributed by atoms with E-state index in [9.17, 15) is 8.78 Å². The number of hydrogen-bond donors (Lipinski definition) is 1. The topological polar surface area (TPSA) is 3.24 Å². The van der Waals surface area contributed by atoms with Crippen LogP contribution in [-0.4, -0.2) is 35.7 Å². The van der Waals surface area contributed by atoms with E-state index in [1.54, 1.807) is 4.90 Å². The van der Waals surface area contributed by atoms with E-state index < -0.39 is 11.2 Å². The van der Waals surface area contributed by atoms with Crippen molar-refractivity contribution < 1.29 is 8.78 Å². The Kier molecular flexibility index (Phi) is 5.88. The zero-order valence-corrected chi connectivity index (χ0v) is 9.45. The summed E-state index contributed by atoms with van der Waals surface area (Å²) in [5.74, 6) is -2.60. The third-order valence-corrected chi connectivity index (χ3v) is 2.72. The van der Waals surface area contributed by atoms with Crippen molar-refractivity contribution in [2.75, 3.05) is 19.6 Å². The van der Waals surface area contributed by atoms with E-state index in [2.05, 4.69) is 12.6 Å². The Morgan fingerprint density at radius 2 is 2.00 bits per heavy atom. The molecule has 0 amide bonds. The number of rotatable bonds is 1. The minimum atomic E-state index is -2.60. The first-order valence-electron chi connectivity index (χ1n) is 4.84. The Balaban J connectivity index is 0.000000671. The highest BCUT2D eigenvalue weighted by molar-refractivity contribution is 7.81. The van der Waals surface area contributed by atoms with Crippen molar-refractivity contribution in [3.8, 4) is 0 Å². The predicted molar refractivity (Wildman–Crippen MR) is 55.8 cm³/mol. The molecule has 1 atom stereocenters. The van der Waals surface area contributed by atoms with Crippen LogP contribution in [0.2, 0.25) is 0 Å². The molecule has 0 bridgehead atoms. The van der Waals surface area contributed by atoms with Gasteiger partial charge in [0.15, 0.2) is 0 Å². The molecule has 13 heavy (non-hydrogen) atoms. The molecule has 0 spiro atoms. The third kappa shape index (κ3) is 3.81. The van der Waals surface area contributed by atoms with Crippen LogP contribution in [0.1, 0.15) is 27.2 Å². The average Bonchev–Trinajstić information content (AvgIpc) is 2.13. The summed E-state index contributed by atoms with van der Waals surface area (Å²) < 4.78 is 25.8. The number of nitrogens with zero attached hydrogens (tertiary/aromatic N) is 1. The lowest BCUT2D eigenvalue weighted by molar-refractivity contribution is -0.0557. The number of thiol groups is 1. The fourth-order valence-corrected chi connectivity index (χ4v) is 1.47. The van der Waals surface area contributed by atoms with Crippen LogP contribution in [0.4, 0.5) is 8.78 Å². The van der Waals surface area contributed by atoms with Gasteiger partial charge in [-0.3, -0.25) is 4.90 Å². The second-order valence-electron chi connectivity index (χ2n) is 2.93. The van der Waals surface area contributed by atoms with E-state index in [1.807, 2.05) is 20.8 Å². The summed E-state index contributed by atoms with van der Waals surface area (Å²) in [5, 5.41) is -0.745. The normalized spacial score (nSPS) is 27.7. The highest BCUT2D eigenvalue weighted by Crippen LogP contribution is 2.30. The van der Waals surface area contributed by atoms with Crippen molar-refractivity contribution in [3.63, 3.8) is 0 Å². The largest absolute Gasteiger partial charge is 0.298 e. The van der Waals surface area contributed by atoms with Crippen LogP contribution < -0.4 is 0 Å².